The van der Waals surface area contributed by atoms with E-state index in [-0.39, 0.29) is 0 Å². The van der Waals surface area contributed by atoms with Crippen molar-refractivity contribution in [3.63, 3.8) is 0 Å². The highest BCUT2D eigenvalue weighted by molar-refractivity contribution is 7.19. The van der Waals surface area contributed by atoms with Crippen LogP contribution in [0.1, 0.15) is 16.5 Å². The fourth-order valence-electron chi connectivity index (χ4n) is 1.51. The molecule has 92 valence electrons. The first-order valence-electron chi connectivity index (χ1n) is 5.30. The second-order valence-corrected chi connectivity index (χ2v) is 5.84. The Morgan fingerprint density at radius 2 is 2.22 bits per heavy atom. The number of aromatic nitrogens is 3. The number of rotatable bonds is 3. The molecule has 0 atom stereocenters. The van der Waals surface area contributed by atoms with Crippen molar-refractivity contribution < 1.29 is 4.52 Å². The SMILES string of the molecule is Cc1csc(Cc2noc(-c3ccc(N)s3)n2)n1. The molecule has 0 aromatic carbocycles. The van der Waals surface area contributed by atoms with E-state index >= 15 is 0 Å². The molecular weight excluding hydrogens is 268 g/mol. The molecule has 0 fully saturated rings. The van der Waals surface area contributed by atoms with Crippen LogP contribution in [0.25, 0.3) is 10.8 Å². The average Bonchev–Trinajstić information content (AvgIpc) is 3.01. The quantitative estimate of drug-likeness (QED) is 0.797. The Kier molecular flexibility index (Phi) is 2.85. The minimum atomic E-state index is 0.514. The topological polar surface area (TPSA) is 77.8 Å². The minimum absolute atomic E-state index is 0.514. The van der Waals surface area contributed by atoms with Gasteiger partial charge in [-0.25, -0.2) is 4.98 Å². The number of aryl methyl sites for hydroxylation is 1. The molecule has 5 nitrogen and oxygen atoms in total. The fourth-order valence-corrected chi connectivity index (χ4v) is 2.98. The van der Waals surface area contributed by atoms with Crippen LogP contribution < -0.4 is 5.73 Å². The van der Waals surface area contributed by atoms with Crippen LogP contribution in [0.5, 0.6) is 0 Å². The molecule has 3 heterocycles. The first-order valence-corrected chi connectivity index (χ1v) is 6.99. The number of nitrogen functional groups attached to an aromatic ring is 1. The second kappa shape index (κ2) is 4.51. The van der Waals surface area contributed by atoms with Crippen LogP contribution in [0.2, 0.25) is 0 Å². The lowest BCUT2D eigenvalue weighted by Gasteiger charge is -1.87. The van der Waals surface area contributed by atoms with Gasteiger partial charge >= 0.3 is 0 Å². The molecule has 0 unspecified atom stereocenters. The van der Waals surface area contributed by atoms with Gasteiger partial charge in [-0.2, -0.15) is 4.98 Å². The van der Waals surface area contributed by atoms with Gasteiger partial charge in [-0.3, -0.25) is 0 Å². The Bertz CT molecular complexity index is 670. The van der Waals surface area contributed by atoms with Gasteiger partial charge in [0, 0.05) is 11.1 Å². The molecule has 3 aromatic rings. The third-order valence-corrected chi connectivity index (χ3v) is 4.15. The van der Waals surface area contributed by atoms with E-state index in [4.69, 9.17) is 10.3 Å². The number of nitrogens with zero attached hydrogens (tertiary/aromatic N) is 3. The van der Waals surface area contributed by atoms with E-state index < -0.39 is 0 Å². The van der Waals surface area contributed by atoms with Gasteiger partial charge in [0.15, 0.2) is 5.82 Å². The zero-order valence-corrected chi connectivity index (χ0v) is 11.2. The molecule has 7 heteroatoms. The summed E-state index contributed by atoms with van der Waals surface area (Å²) in [5.41, 5.74) is 6.69. The van der Waals surface area contributed by atoms with E-state index in [0.29, 0.717) is 18.1 Å². The molecule has 2 N–H and O–H groups in total. The molecule has 3 aromatic heterocycles. The fraction of sp³-hybridized carbons (Fsp3) is 0.182. The normalized spacial score (nSPS) is 10.9. The summed E-state index contributed by atoms with van der Waals surface area (Å²) in [7, 11) is 0. The second-order valence-electron chi connectivity index (χ2n) is 3.78. The Labute approximate surface area is 111 Å². The van der Waals surface area contributed by atoms with Crippen molar-refractivity contribution in [2.75, 3.05) is 5.73 Å². The monoisotopic (exact) mass is 278 g/mol. The maximum absolute atomic E-state index is 5.67. The van der Waals surface area contributed by atoms with E-state index in [1.807, 2.05) is 24.4 Å². The van der Waals surface area contributed by atoms with Crippen LogP contribution in [0.4, 0.5) is 5.00 Å². The summed E-state index contributed by atoms with van der Waals surface area (Å²) >= 11 is 3.04. The Hall–Kier alpha value is -1.73. The van der Waals surface area contributed by atoms with Crippen LogP contribution in [0.15, 0.2) is 22.0 Å². The molecule has 0 spiro atoms. The number of hydrogen-bond acceptors (Lipinski definition) is 7. The highest BCUT2D eigenvalue weighted by Gasteiger charge is 2.12. The van der Waals surface area contributed by atoms with E-state index in [2.05, 4.69) is 15.1 Å². The van der Waals surface area contributed by atoms with Gasteiger partial charge in [0.25, 0.3) is 5.89 Å². The summed E-state index contributed by atoms with van der Waals surface area (Å²) < 4.78 is 5.21. The molecule has 0 saturated heterocycles. The smallest absolute Gasteiger partial charge is 0.268 e. The third kappa shape index (κ3) is 2.27. The summed E-state index contributed by atoms with van der Waals surface area (Å²) in [5, 5.41) is 7.69. The lowest BCUT2D eigenvalue weighted by molar-refractivity contribution is 0.424. The molecule has 0 aliphatic carbocycles. The van der Waals surface area contributed by atoms with E-state index in [0.717, 1.165) is 20.6 Å². The van der Waals surface area contributed by atoms with Crippen LogP contribution in [-0.4, -0.2) is 15.1 Å². The maximum atomic E-state index is 5.67. The predicted octanol–water partition coefficient (Wildman–Crippen LogP) is 2.74. The van der Waals surface area contributed by atoms with Crippen LogP contribution in [-0.2, 0) is 6.42 Å². The van der Waals surface area contributed by atoms with Gasteiger partial charge in [-0.15, -0.1) is 22.7 Å². The van der Waals surface area contributed by atoms with Gasteiger partial charge in [0.2, 0.25) is 0 Å². The molecular formula is C11H10N4OS2. The number of anilines is 1. The number of nitrogens with two attached hydrogens (primary N) is 1. The molecule has 0 bridgehead atoms. The van der Waals surface area contributed by atoms with Crippen molar-refractivity contribution in [1.29, 1.82) is 0 Å². The van der Waals surface area contributed by atoms with Crippen LogP contribution in [0, 0.1) is 6.92 Å². The van der Waals surface area contributed by atoms with Gasteiger partial charge in [-0.1, -0.05) is 5.16 Å². The summed E-state index contributed by atoms with van der Waals surface area (Å²) in [6, 6.07) is 3.71. The van der Waals surface area contributed by atoms with Gasteiger partial charge in [-0.05, 0) is 19.1 Å². The first-order chi connectivity index (χ1) is 8.70. The zero-order chi connectivity index (χ0) is 12.5. The largest absolute Gasteiger partial charge is 0.391 e. The van der Waals surface area contributed by atoms with Gasteiger partial charge in [0.1, 0.15) is 5.01 Å². The Morgan fingerprint density at radius 1 is 1.33 bits per heavy atom. The van der Waals surface area contributed by atoms with Crippen molar-refractivity contribution >= 4 is 27.7 Å². The summed E-state index contributed by atoms with van der Waals surface area (Å²) in [5.74, 6) is 1.16. The van der Waals surface area contributed by atoms with Crippen LogP contribution in [0.3, 0.4) is 0 Å². The molecule has 0 amide bonds. The lowest BCUT2D eigenvalue weighted by Crippen LogP contribution is -1.89. The summed E-state index contributed by atoms with van der Waals surface area (Å²) in [4.78, 5) is 9.60. The van der Waals surface area contributed by atoms with Crippen molar-refractivity contribution in [2.24, 2.45) is 0 Å². The Balaban J connectivity index is 1.81. The van der Waals surface area contributed by atoms with Crippen molar-refractivity contribution in [3.8, 4) is 10.8 Å². The maximum Gasteiger partial charge on any atom is 0.268 e. The highest BCUT2D eigenvalue weighted by Crippen LogP contribution is 2.28. The van der Waals surface area contributed by atoms with Gasteiger partial charge in [0.05, 0.1) is 16.3 Å². The lowest BCUT2D eigenvalue weighted by atomic mass is 10.4. The summed E-state index contributed by atoms with van der Waals surface area (Å²) in [6.45, 7) is 1.97. The number of thiophene rings is 1. The molecule has 3 rings (SSSR count). The summed E-state index contributed by atoms with van der Waals surface area (Å²) in [6.07, 6.45) is 0.600. The molecule has 0 radical (unpaired) electrons. The minimum Gasteiger partial charge on any atom is -0.391 e. The van der Waals surface area contributed by atoms with Gasteiger partial charge < -0.3 is 10.3 Å². The number of hydrogen-bond donors (Lipinski definition) is 1. The standard InChI is InChI=1S/C11H10N4OS2/c1-6-5-17-10(13-6)4-9-14-11(16-15-9)7-2-3-8(12)18-7/h2-3,5H,4,12H2,1H3. The van der Waals surface area contributed by atoms with Crippen LogP contribution >= 0.6 is 22.7 Å². The van der Waals surface area contributed by atoms with Crippen molar-refractivity contribution in [3.05, 3.63) is 34.0 Å². The highest BCUT2D eigenvalue weighted by atomic mass is 32.1. The number of thiazole rings is 1. The molecule has 0 saturated carbocycles. The van der Waals surface area contributed by atoms with E-state index in [1.54, 1.807) is 11.3 Å². The average molecular weight is 278 g/mol. The Morgan fingerprint density at radius 3 is 2.89 bits per heavy atom. The molecule has 0 aliphatic rings. The van der Waals surface area contributed by atoms with Crippen molar-refractivity contribution in [2.45, 2.75) is 13.3 Å². The van der Waals surface area contributed by atoms with E-state index in [9.17, 15) is 0 Å². The third-order valence-electron chi connectivity index (χ3n) is 2.28. The zero-order valence-electron chi connectivity index (χ0n) is 9.58. The predicted molar refractivity (Wildman–Crippen MR) is 71.7 cm³/mol. The van der Waals surface area contributed by atoms with E-state index in [1.165, 1.54) is 11.3 Å². The first kappa shape index (κ1) is 11.4. The molecule has 18 heavy (non-hydrogen) atoms. The van der Waals surface area contributed by atoms with Crippen molar-refractivity contribution in [1.82, 2.24) is 15.1 Å². The molecule has 0 aliphatic heterocycles.